The average molecular weight is 258 g/mol. The molecule has 2 N–H and O–H groups in total. The van der Waals surface area contributed by atoms with Crippen molar-refractivity contribution in [2.45, 2.75) is 25.4 Å². The molecule has 0 aliphatic carbocycles. The number of urea groups is 1. The maximum absolute atomic E-state index is 11.9. The Morgan fingerprint density at radius 1 is 1.71 bits per heavy atom. The van der Waals surface area contributed by atoms with Gasteiger partial charge in [0, 0.05) is 24.1 Å². The number of carboxylic acid groups (broad SMARTS) is 1. The molecular weight excluding hydrogens is 240 g/mol. The highest BCUT2D eigenvalue weighted by molar-refractivity contribution is 7.99. The van der Waals surface area contributed by atoms with E-state index >= 15 is 0 Å². The summed E-state index contributed by atoms with van der Waals surface area (Å²) in [5.41, 5.74) is 0. The zero-order valence-corrected chi connectivity index (χ0v) is 10.7. The van der Waals surface area contributed by atoms with Crippen molar-refractivity contribution in [1.29, 1.82) is 0 Å². The molecule has 1 aliphatic heterocycles. The van der Waals surface area contributed by atoms with Gasteiger partial charge in [-0.15, -0.1) is 6.58 Å². The van der Waals surface area contributed by atoms with E-state index in [2.05, 4.69) is 11.9 Å². The summed E-state index contributed by atoms with van der Waals surface area (Å²) in [6.45, 7) is 6.02. The third-order valence-corrected chi connectivity index (χ3v) is 3.70. The van der Waals surface area contributed by atoms with Crippen molar-refractivity contribution in [2.75, 3.05) is 18.1 Å². The average Bonchev–Trinajstić information content (AvgIpc) is 2.28. The molecule has 0 radical (unpaired) electrons. The van der Waals surface area contributed by atoms with Gasteiger partial charge < -0.3 is 15.3 Å². The fourth-order valence-corrected chi connectivity index (χ4v) is 2.69. The molecule has 17 heavy (non-hydrogen) atoms. The van der Waals surface area contributed by atoms with E-state index in [4.69, 9.17) is 5.11 Å². The molecule has 5 nitrogen and oxygen atoms in total. The fourth-order valence-electron chi connectivity index (χ4n) is 1.63. The normalized spacial score (nSPS) is 21.7. The van der Waals surface area contributed by atoms with Crippen molar-refractivity contribution in [1.82, 2.24) is 10.2 Å². The van der Waals surface area contributed by atoms with Crippen molar-refractivity contribution in [2.24, 2.45) is 0 Å². The molecule has 1 fully saturated rings. The predicted octanol–water partition coefficient (Wildman–Crippen LogP) is 1.16. The lowest BCUT2D eigenvalue weighted by atomic mass is 10.2. The standard InChI is InChI=1S/C11H18N2O3S/c1-3-8(2)12-11(16)13-4-5-17-7-9(13)6-10(14)15/h3,8-9H,1,4-7H2,2H3,(H,12,16)(H,14,15). The van der Waals surface area contributed by atoms with Gasteiger partial charge in [0.1, 0.15) is 0 Å². The minimum Gasteiger partial charge on any atom is -0.481 e. The highest BCUT2D eigenvalue weighted by Crippen LogP contribution is 2.19. The molecule has 1 aliphatic rings. The van der Waals surface area contributed by atoms with E-state index in [9.17, 15) is 9.59 Å². The molecule has 0 bridgehead atoms. The number of thioether (sulfide) groups is 1. The molecule has 6 heteroatoms. The SMILES string of the molecule is C=CC(C)NC(=O)N1CCSCC1CC(=O)O. The molecule has 0 aromatic rings. The smallest absolute Gasteiger partial charge is 0.318 e. The van der Waals surface area contributed by atoms with E-state index in [1.807, 2.05) is 6.92 Å². The van der Waals surface area contributed by atoms with E-state index < -0.39 is 5.97 Å². The molecule has 2 amide bonds. The predicted molar refractivity (Wildman–Crippen MR) is 68.3 cm³/mol. The van der Waals surface area contributed by atoms with Gasteiger partial charge in [-0.3, -0.25) is 4.79 Å². The highest BCUT2D eigenvalue weighted by Gasteiger charge is 2.28. The van der Waals surface area contributed by atoms with Gasteiger partial charge in [0.15, 0.2) is 0 Å². The zero-order chi connectivity index (χ0) is 12.8. The maximum atomic E-state index is 11.9. The Labute approximate surface area is 105 Å². The Hall–Kier alpha value is -1.17. The number of hydrogen-bond donors (Lipinski definition) is 2. The maximum Gasteiger partial charge on any atom is 0.318 e. The van der Waals surface area contributed by atoms with E-state index in [-0.39, 0.29) is 24.5 Å². The van der Waals surface area contributed by atoms with Gasteiger partial charge in [-0.2, -0.15) is 11.8 Å². The Bertz CT molecular complexity index is 309. The highest BCUT2D eigenvalue weighted by atomic mass is 32.2. The molecular formula is C11H18N2O3S. The molecule has 1 saturated heterocycles. The summed E-state index contributed by atoms with van der Waals surface area (Å²) in [6, 6.07) is -0.533. The lowest BCUT2D eigenvalue weighted by molar-refractivity contribution is -0.137. The van der Waals surface area contributed by atoms with Crippen molar-refractivity contribution in [3.05, 3.63) is 12.7 Å². The summed E-state index contributed by atoms with van der Waals surface area (Å²) >= 11 is 1.69. The summed E-state index contributed by atoms with van der Waals surface area (Å²) in [4.78, 5) is 24.3. The Balaban J connectivity index is 2.60. The largest absolute Gasteiger partial charge is 0.481 e. The van der Waals surface area contributed by atoms with Crippen molar-refractivity contribution in [3.63, 3.8) is 0 Å². The lowest BCUT2D eigenvalue weighted by Gasteiger charge is -2.35. The number of carbonyl (C=O) groups is 2. The third-order valence-electron chi connectivity index (χ3n) is 2.60. The van der Waals surface area contributed by atoms with Gasteiger partial charge in [-0.05, 0) is 6.92 Å². The minimum absolute atomic E-state index is 0.00287. The lowest BCUT2D eigenvalue weighted by Crippen LogP contribution is -2.52. The topological polar surface area (TPSA) is 69.6 Å². The van der Waals surface area contributed by atoms with Gasteiger partial charge in [-0.25, -0.2) is 4.79 Å². The molecule has 0 aromatic heterocycles. The van der Waals surface area contributed by atoms with Gasteiger partial charge in [0.05, 0.1) is 12.5 Å². The number of aliphatic carboxylic acids is 1. The quantitative estimate of drug-likeness (QED) is 0.742. The van der Waals surface area contributed by atoms with Crippen LogP contribution in [-0.2, 0) is 4.79 Å². The van der Waals surface area contributed by atoms with Gasteiger partial charge in [0.2, 0.25) is 0 Å². The second-order valence-electron chi connectivity index (χ2n) is 3.99. The van der Waals surface area contributed by atoms with Crippen LogP contribution in [0.4, 0.5) is 4.79 Å². The molecule has 0 saturated carbocycles. The number of hydrogen-bond acceptors (Lipinski definition) is 3. The van der Waals surface area contributed by atoms with Gasteiger partial charge >= 0.3 is 12.0 Å². The Kier molecular flexibility index (Phi) is 5.34. The third kappa shape index (κ3) is 4.30. The van der Waals surface area contributed by atoms with Crippen LogP contribution in [0.5, 0.6) is 0 Å². The Morgan fingerprint density at radius 3 is 3.00 bits per heavy atom. The summed E-state index contributed by atoms with van der Waals surface area (Å²) in [5, 5.41) is 11.6. The van der Waals surface area contributed by atoms with Crippen LogP contribution in [0.25, 0.3) is 0 Å². The van der Waals surface area contributed by atoms with E-state index in [0.717, 1.165) is 5.75 Å². The van der Waals surface area contributed by atoms with Gasteiger partial charge in [-0.1, -0.05) is 6.08 Å². The van der Waals surface area contributed by atoms with E-state index in [0.29, 0.717) is 12.3 Å². The van der Waals surface area contributed by atoms with Crippen LogP contribution in [0.15, 0.2) is 12.7 Å². The fraction of sp³-hybridized carbons (Fsp3) is 0.636. The van der Waals surface area contributed by atoms with Gasteiger partial charge in [0.25, 0.3) is 0 Å². The number of carboxylic acids is 1. The summed E-state index contributed by atoms with van der Waals surface area (Å²) in [5.74, 6) is 0.667. The minimum atomic E-state index is -0.868. The molecule has 1 heterocycles. The van der Waals surface area contributed by atoms with Crippen LogP contribution in [0.3, 0.4) is 0 Å². The molecule has 2 unspecified atom stereocenters. The second kappa shape index (κ2) is 6.54. The van der Waals surface area contributed by atoms with Crippen molar-refractivity contribution < 1.29 is 14.7 Å². The number of nitrogens with one attached hydrogen (secondary N) is 1. The number of carbonyl (C=O) groups excluding carboxylic acids is 1. The van der Waals surface area contributed by atoms with E-state index in [1.165, 1.54) is 0 Å². The molecule has 2 atom stereocenters. The van der Waals surface area contributed by atoms with Crippen LogP contribution < -0.4 is 5.32 Å². The second-order valence-corrected chi connectivity index (χ2v) is 5.14. The number of rotatable bonds is 4. The van der Waals surface area contributed by atoms with Crippen LogP contribution in [0.1, 0.15) is 13.3 Å². The summed E-state index contributed by atoms with van der Waals surface area (Å²) in [7, 11) is 0. The molecule has 0 aromatic carbocycles. The number of nitrogens with zero attached hydrogens (tertiary/aromatic N) is 1. The zero-order valence-electron chi connectivity index (χ0n) is 9.89. The van der Waals surface area contributed by atoms with Crippen molar-refractivity contribution in [3.8, 4) is 0 Å². The van der Waals surface area contributed by atoms with Crippen LogP contribution in [-0.4, -0.2) is 52.1 Å². The van der Waals surface area contributed by atoms with Crippen molar-refractivity contribution >= 4 is 23.8 Å². The summed E-state index contributed by atoms with van der Waals surface area (Å²) < 4.78 is 0. The van der Waals surface area contributed by atoms with Crippen LogP contribution >= 0.6 is 11.8 Å². The van der Waals surface area contributed by atoms with Crippen LogP contribution in [0, 0.1) is 0 Å². The number of amides is 2. The first-order valence-corrected chi connectivity index (χ1v) is 6.69. The first-order valence-electron chi connectivity index (χ1n) is 5.53. The first-order chi connectivity index (χ1) is 8.04. The summed E-state index contributed by atoms with van der Waals surface area (Å²) in [6.07, 6.45) is 1.64. The Morgan fingerprint density at radius 2 is 2.41 bits per heavy atom. The van der Waals surface area contributed by atoms with E-state index in [1.54, 1.807) is 22.7 Å². The monoisotopic (exact) mass is 258 g/mol. The van der Waals surface area contributed by atoms with Crippen LogP contribution in [0.2, 0.25) is 0 Å². The first kappa shape index (κ1) is 13.9. The molecule has 1 rings (SSSR count). The molecule has 96 valence electrons. The molecule has 0 spiro atoms.